The number of rotatable bonds is 3. The second-order valence-corrected chi connectivity index (χ2v) is 2.44. The van der Waals surface area contributed by atoms with Crippen molar-refractivity contribution in [3.8, 4) is 0 Å². The molecule has 0 aliphatic rings. The first-order chi connectivity index (χ1) is 6.18. The normalized spacial score (nSPS) is 10.2. The highest BCUT2D eigenvalue weighted by atomic mass is 32.1. The van der Waals surface area contributed by atoms with Gasteiger partial charge in [-0.2, -0.15) is 10.2 Å². The van der Waals surface area contributed by atoms with E-state index in [1.54, 1.807) is 12.1 Å². The summed E-state index contributed by atoms with van der Waals surface area (Å²) < 4.78 is 0.481. The number of aromatic nitrogens is 2. The van der Waals surface area contributed by atoms with E-state index in [1.807, 2.05) is 0 Å². The number of carbonyl (C=O) groups is 1. The minimum absolute atomic E-state index is 0.367. The number of aromatic amines is 1. The van der Waals surface area contributed by atoms with Crippen molar-refractivity contribution in [1.29, 1.82) is 0 Å². The van der Waals surface area contributed by atoms with E-state index in [4.69, 9.17) is 12.2 Å². The van der Waals surface area contributed by atoms with Crippen molar-refractivity contribution in [2.45, 2.75) is 0 Å². The summed E-state index contributed by atoms with van der Waals surface area (Å²) in [5.41, 5.74) is 2.36. The molecule has 7 heteroatoms. The Balaban J connectivity index is 2.60. The molecule has 0 atom stereocenters. The number of hydrogen-bond acceptors (Lipinski definition) is 6. The summed E-state index contributed by atoms with van der Waals surface area (Å²) in [6.07, 6.45) is 0.614. The fraction of sp³-hybridized carbons (Fsp3) is 0. The first-order valence-electron chi connectivity index (χ1n) is 3.24. The summed E-state index contributed by atoms with van der Waals surface area (Å²) in [6.45, 7) is 0. The second-order valence-electron chi connectivity index (χ2n) is 2.00. The molecule has 0 saturated carbocycles. The minimum atomic E-state index is -1.38. The molecule has 13 heavy (non-hydrogen) atoms. The zero-order chi connectivity index (χ0) is 9.68. The highest BCUT2D eigenvalue weighted by Crippen LogP contribution is 1.97. The predicted molar refractivity (Wildman–Crippen MR) is 46.5 cm³/mol. The average molecular weight is 197 g/mol. The van der Waals surface area contributed by atoms with E-state index < -0.39 is 5.97 Å². The van der Waals surface area contributed by atoms with Gasteiger partial charge in [-0.05, 0) is 12.1 Å². The van der Waals surface area contributed by atoms with Crippen molar-refractivity contribution in [3.05, 3.63) is 16.8 Å². The van der Waals surface area contributed by atoms with Crippen molar-refractivity contribution in [2.75, 3.05) is 5.43 Å². The third-order valence-corrected chi connectivity index (χ3v) is 1.26. The van der Waals surface area contributed by atoms with E-state index in [0.29, 0.717) is 16.7 Å². The minimum Gasteiger partial charge on any atom is -0.544 e. The third kappa shape index (κ3) is 3.43. The number of aliphatic carboxylic acids is 1. The van der Waals surface area contributed by atoms with Crippen LogP contribution in [0.4, 0.5) is 5.82 Å². The molecule has 1 aromatic heterocycles. The monoisotopic (exact) mass is 197 g/mol. The molecule has 0 aromatic carbocycles. The Bertz CT molecular complexity index is 366. The molecule has 0 saturated heterocycles. The van der Waals surface area contributed by atoms with Crippen molar-refractivity contribution < 1.29 is 9.90 Å². The molecular formula is C6H5N4O2S-. The van der Waals surface area contributed by atoms with E-state index in [0.717, 1.165) is 0 Å². The molecule has 0 aliphatic carbocycles. The van der Waals surface area contributed by atoms with E-state index in [2.05, 4.69) is 20.7 Å². The van der Waals surface area contributed by atoms with Crippen LogP contribution in [0.3, 0.4) is 0 Å². The Morgan fingerprint density at radius 2 is 2.54 bits per heavy atom. The topological polar surface area (TPSA) is 93.2 Å². The Labute approximate surface area is 78.3 Å². The summed E-state index contributed by atoms with van der Waals surface area (Å²) in [4.78, 5) is 9.90. The predicted octanol–water partition coefficient (Wildman–Crippen LogP) is -0.713. The van der Waals surface area contributed by atoms with Crippen LogP contribution >= 0.6 is 12.2 Å². The van der Waals surface area contributed by atoms with Crippen LogP contribution in [0, 0.1) is 4.64 Å². The molecule has 0 spiro atoms. The molecule has 0 fully saturated rings. The van der Waals surface area contributed by atoms with Gasteiger partial charge in [0.15, 0.2) is 5.82 Å². The van der Waals surface area contributed by atoms with Gasteiger partial charge in [-0.3, -0.25) is 10.5 Å². The molecule has 0 unspecified atom stereocenters. The summed E-state index contributed by atoms with van der Waals surface area (Å²) >= 11 is 4.74. The fourth-order valence-corrected chi connectivity index (χ4v) is 0.672. The maximum Gasteiger partial charge on any atom is 0.166 e. The van der Waals surface area contributed by atoms with Crippen LogP contribution < -0.4 is 10.5 Å². The quantitative estimate of drug-likeness (QED) is 0.379. The van der Waals surface area contributed by atoms with Crippen LogP contribution in [0.25, 0.3) is 0 Å². The first kappa shape index (κ1) is 9.33. The number of nitrogens with zero attached hydrogens (tertiary/aromatic N) is 2. The van der Waals surface area contributed by atoms with Gasteiger partial charge in [-0.25, -0.2) is 0 Å². The van der Waals surface area contributed by atoms with Crippen molar-refractivity contribution in [3.63, 3.8) is 0 Å². The highest BCUT2D eigenvalue weighted by Gasteiger charge is 1.87. The maximum absolute atomic E-state index is 9.90. The molecule has 2 N–H and O–H groups in total. The maximum atomic E-state index is 9.90. The Kier molecular flexibility index (Phi) is 3.09. The number of hydrogen-bond donors (Lipinski definition) is 2. The van der Waals surface area contributed by atoms with Crippen LogP contribution in [0.5, 0.6) is 0 Å². The van der Waals surface area contributed by atoms with Crippen molar-refractivity contribution in [2.24, 2.45) is 5.10 Å². The van der Waals surface area contributed by atoms with Gasteiger partial charge in [0.05, 0.1) is 12.2 Å². The van der Waals surface area contributed by atoms with E-state index in [1.165, 1.54) is 0 Å². The van der Waals surface area contributed by atoms with Gasteiger partial charge in [-0.15, -0.1) is 0 Å². The van der Waals surface area contributed by atoms with Gasteiger partial charge < -0.3 is 9.90 Å². The zero-order valence-corrected chi connectivity index (χ0v) is 7.17. The standard InChI is InChI=1S/C6H6N4O2S/c11-6(12)3-7-8-4-1-2-5(13)10-9-4/h1-3H,(H,8,9)(H,10,13)(H,11,12)/p-1/b7-3-. The molecule has 1 heterocycles. The van der Waals surface area contributed by atoms with Crippen LogP contribution in [0.1, 0.15) is 0 Å². The smallest absolute Gasteiger partial charge is 0.166 e. The van der Waals surface area contributed by atoms with Gasteiger partial charge in [0.25, 0.3) is 0 Å². The lowest BCUT2D eigenvalue weighted by atomic mass is 10.5. The van der Waals surface area contributed by atoms with E-state index in [-0.39, 0.29) is 0 Å². The SMILES string of the molecule is O=C([O-])/C=N\Nc1ccc(=S)[nH]n1. The molecule has 1 rings (SSSR count). The molecule has 0 bridgehead atoms. The summed E-state index contributed by atoms with van der Waals surface area (Å²) in [5, 5.41) is 19.4. The zero-order valence-electron chi connectivity index (χ0n) is 6.35. The molecule has 68 valence electrons. The molecule has 1 aromatic rings. The molecule has 6 nitrogen and oxygen atoms in total. The van der Waals surface area contributed by atoms with Crippen molar-refractivity contribution >= 4 is 30.2 Å². The Morgan fingerprint density at radius 1 is 1.77 bits per heavy atom. The molecule has 0 radical (unpaired) electrons. The number of carboxylic acids is 1. The van der Waals surface area contributed by atoms with Crippen LogP contribution in [-0.4, -0.2) is 22.4 Å². The summed E-state index contributed by atoms with van der Waals surface area (Å²) in [5.74, 6) is -1.01. The van der Waals surface area contributed by atoms with Gasteiger partial charge in [0.2, 0.25) is 0 Å². The molecule has 0 aliphatic heterocycles. The second kappa shape index (κ2) is 4.31. The number of hydrazone groups is 1. The van der Waals surface area contributed by atoms with Crippen LogP contribution in [-0.2, 0) is 4.79 Å². The lowest BCUT2D eigenvalue weighted by Crippen LogP contribution is -2.23. The van der Waals surface area contributed by atoms with Crippen LogP contribution in [0.2, 0.25) is 0 Å². The lowest BCUT2D eigenvalue weighted by molar-refractivity contribution is -0.293. The Morgan fingerprint density at radius 3 is 3.08 bits per heavy atom. The lowest BCUT2D eigenvalue weighted by Gasteiger charge is -1.96. The number of anilines is 1. The van der Waals surface area contributed by atoms with E-state index >= 15 is 0 Å². The van der Waals surface area contributed by atoms with E-state index in [9.17, 15) is 9.90 Å². The molecular weight excluding hydrogens is 192 g/mol. The highest BCUT2D eigenvalue weighted by molar-refractivity contribution is 7.71. The number of carbonyl (C=O) groups excluding carboxylic acids is 1. The van der Waals surface area contributed by atoms with Gasteiger partial charge >= 0.3 is 0 Å². The molecule has 0 amide bonds. The first-order valence-corrected chi connectivity index (χ1v) is 3.65. The average Bonchev–Trinajstić information content (AvgIpc) is 2.08. The van der Waals surface area contributed by atoms with Gasteiger partial charge in [0.1, 0.15) is 4.64 Å². The van der Waals surface area contributed by atoms with Crippen molar-refractivity contribution in [1.82, 2.24) is 10.2 Å². The number of nitrogens with one attached hydrogen (secondary N) is 2. The third-order valence-electron chi connectivity index (χ3n) is 1.03. The number of H-pyrrole nitrogens is 1. The largest absolute Gasteiger partial charge is 0.544 e. The van der Waals surface area contributed by atoms with Crippen LogP contribution in [0.15, 0.2) is 17.2 Å². The fourth-order valence-electron chi connectivity index (χ4n) is 0.558. The van der Waals surface area contributed by atoms with Gasteiger partial charge in [-0.1, -0.05) is 12.2 Å². The summed E-state index contributed by atoms with van der Waals surface area (Å²) in [7, 11) is 0. The Hall–Kier alpha value is -1.76. The summed E-state index contributed by atoms with van der Waals surface area (Å²) in [6, 6.07) is 3.16. The number of carboxylic acid groups (broad SMARTS) is 1. The van der Waals surface area contributed by atoms with Gasteiger partial charge in [0, 0.05) is 0 Å².